The molecule has 1 rings (SSSR count). The van der Waals surface area contributed by atoms with E-state index in [0.717, 1.165) is 5.56 Å². The number of nitro benzene ring substituents is 1. The quantitative estimate of drug-likeness (QED) is 0.576. The second-order valence-electron chi connectivity index (χ2n) is 3.55. The van der Waals surface area contributed by atoms with Crippen molar-refractivity contribution in [3.8, 4) is 11.8 Å². The highest BCUT2D eigenvalue weighted by Gasteiger charge is 2.10. The summed E-state index contributed by atoms with van der Waals surface area (Å²) in [6, 6.07) is 6.46. The summed E-state index contributed by atoms with van der Waals surface area (Å²) in [5, 5.41) is 19.1. The fourth-order valence-corrected chi connectivity index (χ4v) is 1.11. The average Bonchev–Trinajstić information content (AvgIpc) is 2.27. The van der Waals surface area contributed by atoms with Crippen molar-refractivity contribution in [1.82, 2.24) is 0 Å². The van der Waals surface area contributed by atoms with Crippen molar-refractivity contribution >= 4 is 5.69 Å². The SMILES string of the molecule is Cc1ccc([N+](=O)[O-])cc1OCC(C)C#N. The molecule has 1 aromatic rings. The zero-order valence-electron chi connectivity index (χ0n) is 9.14. The molecular weight excluding hydrogens is 208 g/mol. The maximum Gasteiger partial charge on any atom is 0.273 e. The third kappa shape index (κ3) is 2.95. The molecule has 0 amide bonds. The summed E-state index contributed by atoms with van der Waals surface area (Å²) in [5.74, 6) is 0.218. The lowest BCUT2D eigenvalue weighted by atomic mass is 10.2. The number of ether oxygens (including phenoxy) is 1. The van der Waals surface area contributed by atoms with E-state index in [9.17, 15) is 10.1 Å². The van der Waals surface area contributed by atoms with Gasteiger partial charge in [-0.1, -0.05) is 0 Å². The van der Waals surface area contributed by atoms with Crippen LogP contribution in [0.15, 0.2) is 18.2 Å². The standard InChI is InChI=1S/C11H12N2O3/c1-8(6-12)7-16-11-5-10(13(14)15)4-3-9(11)2/h3-5,8H,7H2,1-2H3. The lowest BCUT2D eigenvalue weighted by Gasteiger charge is -2.09. The largest absolute Gasteiger partial charge is 0.492 e. The Bertz CT molecular complexity index is 437. The minimum Gasteiger partial charge on any atom is -0.492 e. The van der Waals surface area contributed by atoms with E-state index in [1.807, 2.05) is 6.07 Å². The molecule has 16 heavy (non-hydrogen) atoms. The Kier molecular flexibility index (Phi) is 3.84. The highest BCUT2D eigenvalue weighted by Crippen LogP contribution is 2.24. The van der Waals surface area contributed by atoms with E-state index in [1.165, 1.54) is 12.1 Å². The van der Waals surface area contributed by atoms with Crippen molar-refractivity contribution in [2.24, 2.45) is 5.92 Å². The van der Waals surface area contributed by atoms with Gasteiger partial charge in [0.05, 0.1) is 23.0 Å². The summed E-state index contributed by atoms with van der Waals surface area (Å²) in [6.45, 7) is 3.77. The van der Waals surface area contributed by atoms with E-state index >= 15 is 0 Å². The lowest BCUT2D eigenvalue weighted by Crippen LogP contribution is -2.07. The van der Waals surface area contributed by atoms with Crippen LogP contribution in [-0.4, -0.2) is 11.5 Å². The molecule has 0 spiro atoms. The van der Waals surface area contributed by atoms with E-state index in [1.54, 1.807) is 19.9 Å². The van der Waals surface area contributed by atoms with Crippen LogP contribution in [0.3, 0.4) is 0 Å². The number of hydrogen-bond acceptors (Lipinski definition) is 4. The molecule has 0 N–H and O–H groups in total. The molecule has 5 nitrogen and oxygen atoms in total. The molecule has 84 valence electrons. The molecule has 0 aromatic heterocycles. The van der Waals surface area contributed by atoms with Crippen molar-refractivity contribution in [3.05, 3.63) is 33.9 Å². The number of nitrogens with zero attached hydrogens (tertiary/aromatic N) is 2. The van der Waals surface area contributed by atoms with Crippen molar-refractivity contribution < 1.29 is 9.66 Å². The predicted octanol–water partition coefficient (Wildman–Crippen LogP) is 2.44. The van der Waals surface area contributed by atoms with Gasteiger partial charge in [0.2, 0.25) is 0 Å². The summed E-state index contributed by atoms with van der Waals surface area (Å²) in [5.41, 5.74) is 0.806. The van der Waals surface area contributed by atoms with Crippen LogP contribution < -0.4 is 4.74 Å². The maximum absolute atomic E-state index is 10.6. The molecule has 1 aromatic carbocycles. The van der Waals surface area contributed by atoms with Crippen LogP contribution in [-0.2, 0) is 0 Å². The van der Waals surface area contributed by atoms with Crippen molar-refractivity contribution in [1.29, 1.82) is 5.26 Å². The Balaban J connectivity index is 2.83. The average molecular weight is 220 g/mol. The highest BCUT2D eigenvalue weighted by molar-refractivity contribution is 5.43. The molecule has 1 unspecified atom stereocenters. The van der Waals surface area contributed by atoms with Gasteiger partial charge in [-0.25, -0.2) is 0 Å². The van der Waals surface area contributed by atoms with E-state index < -0.39 is 4.92 Å². The molecule has 0 saturated heterocycles. The molecule has 0 aliphatic rings. The number of nitriles is 1. The summed E-state index contributed by atoms with van der Waals surface area (Å²) in [4.78, 5) is 10.1. The number of nitro groups is 1. The summed E-state index contributed by atoms with van der Waals surface area (Å²) < 4.78 is 5.35. The smallest absolute Gasteiger partial charge is 0.273 e. The number of non-ortho nitro benzene ring substituents is 1. The van der Waals surface area contributed by atoms with Crippen molar-refractivity contribution in [2.45, 2.75) is 13.8 Å². The fourth-order valence-electron chi connectivity index (χ4n) is 1.11. The van der Waals surface area contributed by atoms with E-state index in [-0.39, 0.29) is 18.2 Å². The normalized spacial score (nSPS) is 11.6. The van der Waals surface area contributed by atoms with Crippen LogP contribution >= 0.6 is 0 Å². The van der Waals surface area contributed by atoms with Crippen LogP contribution in [0.25, 0.3) is 0 Å². The van der Waals surface area contributed by atoms with Gasteiger partial charge in [-0.3, -0.25) is 10.1 Å². The van der Waals surface area contributed by atoms with Crippen LogP contribution in [0.2, 0.25) is 0 Å². The van der Waals surface area contributed by atoms with Gasteiger partial charge in [0.15, 0.2) is 0 Å². The fraction of sp³-hybridized carbons (Fsp3) is 0.364. The van der Waals surface area contributed by atoms with Gasteiger partial charge in [-0.2, -0.15) is 5.26 Å². The third-order valence-electron chi connectivity index (χ3n) is 2.09. The first-order valence-electron chi connectivity index (χ1n) is 4.82. The second kappa shape index (κ2) is 5.12. The van der Waals surface area contributed by atoms with E-state index in [0.29, 0.717) is 5.75 Å². The van der Waals surface area contributed by atoms with Gasteiger partial charge >= 0.3 is 0 Å². The van der Waals surface area contributed by atoms with Crippen molar-refractivity contribution in [3.63, 3.8) is 0 Å². The molecule has 0 aliphatic heterocycles. The monoisotopic (exact) mass is 220 g/mol. The molecule has 0 radical (unpaired) electrons. The van der Waals surface area contributed by atoms with Gasteiger partial charge < -0.3 is 4.74 Å². The molecule has 0 heterocycles. The van der Waals surface area contributed by atoms with E-state index in [4.69, 9.17) is 10.00 Å². The topological polar surface area (TPSA) is 76.2 Å². The number of rotatable bonds is 4. The van der Waals surface area contributed by atoms with Gasteiger partial charge in [-0.15, -0.1) is 0 Å². The van der Waals surface area contributed by atoms with Gasteiger partial charge in [0, 0.05) is 6.07 Å². The van der Waals surface area contributed by atoms with Crippen LogP contribution in [0.1, 0.15) is 12.5 Å². The first-order valence-corrected chi connectivity index (χ1v) is 4.82. The zero-order valence-corrected chi connectivity index (χ0v) is 9.14. The lowest BCUT2D eigenvalue weighted by molar-refractivity contribution is -0.384. The van der Waals surface area contributed by atoms with Gasteiger partial charge in [0.25, 0.3) is 5.69 Å². The molecule has 0 bridgehead atoms. The number of aryl methyl sites for hydroxylation is 1. The highest BCUT2D eigenvalue weighted by atomic mass is 16.6. The summed E-state index contributed by atoms with van der Waals surface area (Å²) in [7, 11) is 0. The first kappa shape index (κ1) is 12.0. The molecule has 5 heteroatoms. The Morgan fingerprint density at radius 1 is 1.62 bits per heavy atom. The van der Waals surface area contributed by atoms with Crippen molar-refractivity contribution in [2.75, 3.05) is 6.61 Å². The third-order valence-corrected chi connectivity index (χ3v) is 2.09. The Morgan fingerprint density at radius 2 is 2.31 bits per heavy atom. The molecule has 0 saturated carbocycles. The Morgan fingerprint density at radius 3 is 2.88 bits per heavy atom. The minimum atomic E-state index is -0.472. The van der Waals surface area contributed by atoms with Crippen LogP contribution in [0.4, 0.5) is 5.69 Å². The maximum atomic E-state index is 10.6. The van der Waals surface area contributed by atoms with Gasteiger partial charge in [0.1, 0.15) is 12.4 Å². The van der Waals surface area contributed by atoms with Crippen LogP contribution in [0, 0.1) is 34.3 Å². The first-order chi connectivity index (χ1) is 7.54. The minimum absolute atomic E-state index is 0.00906. The molecule has 0 fully saturated rings. The summed E-state index contributed by atoms with van der Waals surface area (Å²) in [6.07, 6.45) is 0. The van der Waals surface area contributed by atoms with Gasteiger partial charge in [-0.05, 0) is 25.5 Å². The number of hydrogen-bond donors (Lipinski definition) is 0. The molecular formula is C11H12N2O3. The zero-order chi connectivity index (χ0) is 12.1. The summed E-state index contributed by atoms with van der Waals surface area (Å²) >= 11 is 0. The number of benzene rings is 1. The Labute approximate surface area is 93.4 Å². The second-order valence-corrected chi connectivity index (χ2v) is 3.55. The Hall–Kier alpha value is -2.09. The van der Waals surface area contributed by atoms with Crippen LogP contribution in [0.5, 0.6) is 5.75 Å². The molecule has 0 aliphatic carbocycles. The molecule has 1 atom stereocenters. The van der Waals surface area contributed by atoms with E-state index in [2.05, 4.69) is 0 Å². The predicted molar refractivity (Wildman–Crippen MR) is 58.1 cm³/mol.